The van der Waals surface area contributed by atoms with Crippen LogP contribution in [0.2, 0.25) is 0 Å². The lowest BCUT2D eigenvalue weighted by molar-refractivity contribution is -0.135. The zero-order chi connectivity index (χ0) is 17.2. The van der Waals surface area contributed by atoms with Crippen molar-refractivity contribution in [3.8, 4) is 0 Å². The third-order valence-electron chi connectivity index (χ3n) is 4.68. The van der Waals surface area contributed by atoms with Crippen LogP contribution in [0.3, 0.4) is 0 Å². The van der Waals surface area contributed by atoms with Crippen LogP contribution in [-0.4, -0.2) is 63.2 Å². The number of rotatable bonds is 5. The monoisotopic (exact) mass is 322 g/mol. The van der Waals surface area contributed by atoms with Crippen LogP contribution in [0.4, 0.5) is 0 Å². The van der Waals surface area contributed by atoms with Gasteiger partial charge in [0, 0.05) is 26.8 Å². The first kappa shape index (κ1) is 17.9. The van der Waals surface area contributed by atoms with Crippen molar-refractivity contribution >= 4 is 5.91 Å². The van der Waals surface area contributed by atoms with Crippen LogP contribution in [-0.2, 0) is 11.8 Å². The Morgan fingerprint density at radius 3 is 2.74 bits per heavy atom. The number of carbonyl (C=O) groups is 1. The number of imidazole rings is 1. The quantitative estimate of drug-likeness (QED) is 0.891. The second-order valence-electron chi connectivity index (χ2n) is 7.52. The molecule has 1 saturated heterocycles. The maximum Gasteiger partial charge on any atom is 0.225 e. The molecule has 1 aromatic heterocycles. The van der Waals surface area contributed by atoms with Crippen LogP contribution in [0.15, 0.2) is 12.5 Å². The van der Waals surface area contributed by atoms with E-state index in [0.717, 1.165) is 19.4 Å². The Hall–Kier alpha value is -1.40. The molecule has 0 radical (unpaired) electrons. The predicted molar refractivity (Wildman–Crippen MR) is 89.9 cm³/mol. The first-order chi connectivity index (χ1) is 10.7. The first-order valence-electron chi connectivity index (χ1n) is 8.32. The number of aliphatic hydroxyl groups is 1. The van der Waals surface area contributed by atoms with Crippen molar-refractivity contribution in [3.05, 3.63) is 18.2 Å². The Bertz CT molecular complexity index is 535. The van der Waals surface area contributed by atoms with E-state index in [1.807, 2.05) is 26.6 Å². The summed E-state index contributed by atoms with van der Waals surface area (Å²) >= 11 is 0. The molecule has 23 heavy (non-hydrogen) atoms. The van der Waals surface area contributed by atoms with Crippen molar-refractivity contribution < 1.29 is 9.90 Å². The standard InChI is InChI=1S/C17H30N4O2/c1-17(2,23)9-15(22)20(4)11-13-7-6-8-19(3)16(13)14-10-18-12-21(14)5/h10,12-13,16,23H,6-9,11H2,1-5H3/t13-,16+/m0/s1. The fourth-order valence-electron chi connectivity index (χ4n) is 3.53. The molecule has 1 aromatic rings. The summed E-state index contributed by atoms with van der Waals surface area (Å²) in [6.07, 6.45) is 6.15. The van der Waals surface area contributed by atoms with Gasteiger partial charge >= 0.3 is 0 Å². The number of likely N-dealkylation sites (tertiary alicyclic amines) is 1. The molecule has 0 unspecified atom stereocenters. The molecule has 0 saturated carbocycles. The molecule has 0 bridgehead atoms. The zero-order valence-corrected chi connectivity index (χ0v) is 15.0. The molecule has 1 aliphatic rings. The third-order valence-corrected chi connectivity index (χ3v) is 4.68. The highest BCUT2D eigenvalue weighted by Gasteiger charge is 2.34. The minimum Gasteiger partial charge on any atom is -0.390 e. The number of piperidine rings is 1. The Labute approximate surface area is 139 Å². The van der Waals surface area contributed by atoms with Crippen molar-refractivity contribution in [1.82, 2.24) is 19.4 Å². The number of carbonyl (C=O) groups excluding carboxylic acids is 1. The van der Waals surface area contributed by atoms with E-state index in [9.17, 15) is 9.90 Å². The molecule has 6 nitrogen and oxygen atoms in total. The van der Waals surface area contributed by atoms with Gasteiger partial charge in [-0.25, -0.2) is 4.98 Å². The molecule has 2 rings (SSSR count). The third kappa shape index (κ3) is 4.54. The number of aryl methyl sites for hydroxylation is 1. The Morgan fingerprint density at radius 2 is 2.17 bits per heavy atom. The lowest BCUT2D eigenvalue weighted by atomic mass is 9.87. The van der Waals surface area contributed by atoms with Crippen molar-refractivity contribution in [1.29, 1.82) is 0 Å². The average molecular weight is 322 g/mol. The molecular weight excluding hydrogens is 292 g/mol. The minimum absolute atomic E-state index is 0.00511. The smallest absolute Gasteiger partial charge is 0.225 e. The molecule has 130 valence electrons. The number of hydrogen-bond acceptors (Lipinski definition) is 4. The van der Waals surface area contributed by atoms with E-state index in [0.29, 0.717) is 12.5 Å². The number of amides is 1. The second-order valence-corrected chi connectivity index (χ2v) is 7.52. The Balaban J connectivity index is 2.10. The van der Waals surface area contributed by atoms with Crippen LogP contribution >= 0.6 is 0 Å². The summed E-state index contributed by atoms with van der Waals surface area (Å²) < 4.78 is 2.07. The molecule has 6 heteroatoms. The SMILES string of the molecule is CN(C[C@@H]1CCCN(C)[C@H]1c1cncn1C)C(=O)CC(C)(C)O. The zero-order valence-electron chi connectivity index (χ0n) is 15.0. The van der Waals surface area contributed by atoms with Gasteiger partial charge in [0.1, 0.15) is 0 Å². The van der Waals surface area contributed by atoms with Gasteiger partial charge in [-0.2, -0.15) is 0 Å². The fraction of sp³-hybridized carbons (Fsp3) is 0.765. The molecule has 1 N–H and O–H groups in total. The predicted octanol–water partition coefficient (Wildman–Crippen LogP) is 1.42. The summed E-state index contributed by atoms with van der Waals surface area (Å²) in [5.74, 6) is 0.370. The molecule has 0 aliphatic carbocycles. The van der Waals surface area contributed by atoms with Crippen molar-refractivity contribution in [2.45, 2.75) is 44.8 Å². The largest absolute Gasteiger partial charge is 0.390 e. The maximum atomic E-state index is 12.3. The topological polar surface area (TPSA) is 61.6 Å². The highest BCUT2D eigenvalue weighted by molar-refractivity contribution is 5.76. The van der Waals surface area contributed by atoms with E-state index in [1.165, 1.54) is 5.69 Å². The van der Waals surface area contributed by atoms with E-state index in [2.05, 4.69) is 21.5 Å². The summed E-state index contributed by atoms with van der Waals surface area (Å²) in [4.78, 5) is 20.7. The molecule has 1 aliphatic heterocycles. The van der Waals surface area contributed by atoms with Crippen LogP contribution < -0.4 is 0 Å². The second kappa shape index (κ2) is 7.01. The molecule has 0 aromatic carbocycles. The van der Waals surface area contributed by atoms with E-state index in [4.69, 9.17) is 0 Å². The van der Waals surface area contributed by atoms with Gasteiger partial charge in [0.2, 0.25) is 5.91 Å². The number of aromatic nitrogens is 2. The first-order valence-corrected chi connectivity index (χ1v) is 8.32. The van der Waals surface area contributed by atoms with E-state index in [1.54, 1.807) is 18.7 Å². The summed E-state index contributed by atoms with van der Waals surface area (Å²) in [6, 6.07) is 0.272. The molecule has 1 amide bonds. The van der Waals surface area contributed by atoms with E-state index < -0.39 is 5.60 Å². The van der Waals surface area contributed by atoms with Crippen LogP contribution in [0.1, 0.15) is 44.8 Å². The maximum absolute atomic E-state index is 12.3. The summed E-state index contributed by atoms with van der Waals surface area (Å²) in [5, 5.41) is 9.86. The summed E-state index contributed by atoms with van der Waals surface area (Å²) in [7, 11) is 6.00. The minimum atomic E-state index is -0.962. The van der Waals surface area contributed by atoms with Crippen LogP contribution in [0, 0.1) is 5.92 Å². The van der Waals surface area contributed by atoms with Gasteiger partial charge in [-0.05, 0) is 46.2 Å². The van der Waals surface area contributed by atoms with Gasteiger partial charge in [0.05, 0.1) is 30.1 Å². The van der Waals surface area contributed by atoms with Gasteiger partial charge in [-0.15, -0.1) is 0 Å². The van der Waals surface area contributed by atoms with E-state index >= 15 is 0 Å². The summed E-state index contributed by atoms with van der Waals surface area (Å²) in [6.45, 7) is 5.11. The lowest BCUT2D eigenvalue weighted by Crippen LogP contribution is -2.44. The lowest BCUT2D eigenvalue weighted by Gasteiger charge is -2.41. The number of hydrogen-bond donors (Lipinski definition) is 1. The highest BCUT2D eigenvalue weighted by Crippen LogP contribution is 2.35. The van der Waals surface area contributed by atoms with Gasteiger partial charge in [-0.3, -0.25) is 9.69 Å². The normalized spacial score (nSPS) is 23.0. The van der Waals surface area contributed by atoms with Gasteiger partial charge < -0.3 is 14.6 Å². The number of nitrogens with zero attached hydrogens (tertiary/aromatic N) is 4. The molecule has 0 spiro atoms. The van der Waals surface area contributed by atoms with Crippen molar-refractivity contribution in [3.63, 3.8) is 0 Å². The van der Waals surface area contributed by atoms with Crippen molar-refractivity contribution in [2.75, 3.05) is 27.2 Å². The van der Waals surface area contributed by atoms with Gasteiger partial charge in [0.25, 0.3) is 0 Å². The average Bonchev–Trinajstić information content (AvgIpc) is 2.83. The Morgan fingerprint density at radius 1 is 1.48 bits per heavy atom. The van der Waals surface area contributed by atoms with Crippen LogP contribution in [0.25, 0.3) is 0 Å². The Kier molecular flexibility index (Phi) is 5.47. The highest BCUT2D eigenvalue weighted by atomic mass is 16.3. The van der Waals surface area contributed by atoms with Gasteiger partial charge in [0.15, 0.2) is 0 Å². The molecule has 1 fully saturated rings. The molecule has 2 atom stereocenters. The summed E-state index contributed by atoms with van der Waals surface area (Å²) in [5.41, 5.74) is 0.233. The molecule has 2 heterocycles. The molecular formula is C17H30N4O2. The van der Waals surface area contributed by atoms with Crippen LogP contribution in [0.5, 0.6) is 0 Å². The van der Waals surface area contributed by atoms with E-state index in [-0.39, 0.29) is 18.4 Å². The van der Waals surface area contributed by atoms with Gasteiger partial charge in [-0.1, -0.05) is 0 Å². The fourth-order valence-corrected chi connectivity index (χ4v) is 3.53. The van der Waals surface area contributed by atoms with Crippen molar-refractivity contribution in [2.24, 2.45) is 13.0 Å².